The third-order valence-corrected chi connectivity index (χ3v) is 7.09. The molecule has 2 amide bonds. The largest absolute Gasteiger partial charge is 0.418 e. The fourth-order valence-corrected chi connectivity index (χ4v) is 5.16. The number of aromatic nitrogens is 1. The monoisotopic (exact) mass is 638 g/mol. The number of hydrogen-bond acceptors (Lipinski definition) is 4. The van der Waals surface area contributed by atoms with E-state index in [9.17, 15) is 31.5 Å². The van der Waals surface area contributed by atoms with Crippen LogP contribution < -0.4 is 5.32 Å². The quantitative estimate of drug-likeness (QED) is 0.428. The second kappa shape index (κ2) is 10.2. The highest BCUT2D eigenvalue weighted by molar-refractivity contribution is 9.10. The molecule has 6 nitrogen and oxygen atoms in total. The standard InChI is InChI=1S/C23H21Br2F5N4O2/c24-14-8-17(21(36)33-5-2-22(26,27)3-6-33)19(18(9-14)23(28,29)30)32-16-1-4-34(12-16)20(35)13-7-15(25)11-31-10-13/h7-11,16,32H,1-6,12H2/t16-/m1/s1. The summed E-state index contributed by atoms with van der Waals surface area (Å²) in [5.74, 6) is -3.98. The van der Waals surface area contributed by atoms with E-state index in [2.05, 4.69) is 42.2 Å². The zero-order chi connectivity index (χ0) is 26.3. The van der Waals surface area contributed by atoms with E-state index in [1.165, 1.54) is 23.4 Å². The van der Waals surface area contributed by atoms with Gasteiger partial charge in [0.1, 0.15) is 0 Å². The summed E-state index contributed by atoms with van der Waals surface area (Å²) in [6.07, 6.45) is -2.60. The lowest BCUT2D eigenvalue weighted by atomic mass is 10.0. The van der Waals surface area contributed by atoms with Crippen molar-refractivity contribution in [2.24, 2.45) is 0 Å². The molecule has 2 aromatic rings. The summed E-state index contributed by atoms with van der Waals surface area (Å²) in [4.78, 5) is 32.7. The highest BCUT2D eigenvalue weighted by Crippen LogP contribution is 2.40. The molecule has 0 aliphatic carbocycles. The van der Waals surface area contributed by atoms with E-state index >= 15 is 0 Å². The Morgan fingerprint density at radius 3 is 2.31 bits per heavy atom. The minimum absolute atomic E-state index is 0.0384. The van der Waals surface area contributed by atoms with E-state index in [4.69, 9.17) is 0 Å². The minimum Gasteiger partial charge on any atom is -0.379 e. The number of carbonyl (C=O) groups excluding carboxylic acids is 2. The Kier molecular flexibility index (Phi) is 7.61. The average molecular weight is 640 g/mol. The molecule has 2 saturated heterocycles. The first-order chi connectivity index (χ1) is 16.8. The Morgan fingerprint density at radius 2 is 1.67 bits per heavy atom. The van der Waals surface area contributed by atoms with Gasteiger partial charge >= 0.3 is 6.18 Å². The Hall–Kier alpha value is -2.28. The molecule has 1 aromatic carbocycles. The molecule has 3 heterocycles. The van der Waals surface area contributed by atoms with E-state index in [1.54, 1.807) is 6.07 Å². The van der Waals surface area contributed by atoms with Crippen LogP contribution >= 0.6 is 31.9 Å². The predicted octanol–water partition coefficient (Wildman–Crippen LogP) is 5.82. The van der Waals surface area contributed by atoms with E-state index < -0.39 is 48.1 Å². The van der Waals surface area contributed by atoms with Crippen LogP contribution in [0.3, 0.4) is 0 Å². The molecule has 2 fully saturated rings. The van der Waals surface area contributed by atoms with Gasteiger partial charge in [0.05, 0.1) is 22.4 Å². The van der Waals surface area contributed by atoms with Crippen LogP contribution in [0.15, 0.2) is 39.5 Å². The Morgan fingerprint density at radius 1 is 0.972 bits per heavy atom. The van der Waals surface area contributed by atoms with Gasteiger partial charge in [-0.25, -0.2) is 8.78 Å². The summed E-state index contributed by atoms with van der Waals surface area (Å²) in [7, 11) is 0. The molecular formula is C23H21Br2F5N4O2. The fourth-order valence-electron chi connectivity index (χ4n) is 4.34. The van der Waals surface area contributed by atoms with Crippen LogP contribution in [-0.2, 0) is 6.18 Å². The van der Waals surface area contributed by atoms with Gasteiger partial charge in [-0.05, 0) is 40.5 Å². The van der Waals surface area contributed by atoms with Gasteiger partial charge in [0.25, 0.3) is 17.7 Å². The lowest BCUT2D eigenvalue weighted by Gasteiger charge is -2.33. The number of likely N-dealkylation sites (tertiary alicyclic amines) is 2. The van der Waals surface area contributed by atoms with Crippen molar-refractivity contribution in [1.29, 1.82) is 0 Å². The summed E-state index contributed by atoms with van der Waals surface area (Å²) >= 11 is 6.30. The van der Waals surface area contributed by atoms with E-state index in [0.717, 1.165) is 11.0 Å². The first kappa shape index (κ1) is 26.8. The molecule has 2 aliphatic rings. The van der Waals surface area contributed by atoms with Gasteiger partial charge in [-0.2, -0.15) is 13.2 Å². The maximum absolute atomic E-state index is 14.0. The van der Waals surface area contributed by atoms with Gasteiger partial charge in [-0.15, -0.1) is 0 Å². The Bertz CT molecular complexity index is 1170. The second-order valence-electron chi connectivity index (χ2n) is 8.79. The number of halogens is 7. The number of nitrogens with one attached hydrogen (secondary N) is 1. The number of hydrogen-bond donors (Lipinski definition) is 1. The van der Waals surface area contributed by atoms with Crippen molar-refractivity contribution >= 4 is 49.4 Å². The number of pyridine rings is 1. The number of carbonyl (C=O) groups is 2. The lowest BCUT2D eigenvalue weighted by molar-refractivity contribution is -0.137. The molecule has 0 bridgehead atoms. The van der Waals surface area contributed by atoms with Gasteiger partial charge in [0.15, 0.2) is 0 Å². The Labute approximate surface area is 220 Å². The molecule has 1 aromatic heterocycles. The number of alkyl halides is 5. The first-order valence-electron chi connectivity index (χ1n) is 11.1. The van der Waals surface area contributed by atoms with Crippen LogP contribution in [0, 0.1) is 0 Å². The number of piperidine rings is 1. The van der Waals surface area contributed by atoms with Gasteiger partial charge in [0, 0.05) is 66.4 Å². The van der Waals surface area contributed by atoms with Crippen LogP contribution in [0.2, 0.25) is 0 Å². The third-order valence-electron chi connectivity index (χ3n) is 6.20. The van der Waals surface area contributed by atoms with Crippen molar-refractivity contribution in [1.82, 2.24) is 14.8 Å². The molecule has 1 atom stereocenters. The fraction of sp³-hybridized carbons (Fsp3) is 0.435. The zero-order valence-corrected chi connectivity index (χ0v) is 21.9. The van der Waals surface area contributed by atoms with Crippen LogP contribution in [0.4, 0.5) is 27.6 Å². The third kappa shape index (κ3) is 5.99. The topological polar surface area (TPSA) is 65.5 Å². The van der Waals surface area contributed by atoms with Crippen molar-refractivity contribution in [3.8, 4) is 0 Å². The van der Waals surface area contributed by atoms with Gasteiger partial charge in [0.2, 0.25) is 0 Å². The summed E-state index contributed by atoms with van der Waals surface area (Å²) in [5, 5.41) is 2.84. The van der Waals surface area contributed by atoms with Crippen molar-refractivity contribution in [3.05, 3.63) is 56.2 Å². The van der Waals surface area contributed by atoms with Crippen LogP contribution in [0.5, 0.6) is 0 Å². The van der Waals surface area contributed by atoms with Crippen LogP contribution in [0.1, 0.15) is 45.5 Å². The molecule has 36 heavy (non-hydrogen) atoms. The van der Waals surface area contributed by atoms with Crippen molar-refractivity contribution < 1.29 is 31.5 Å². The summed E-state index contributed by atoms with van der Waals surface area (Å²) in [6, 6.07) is 3.17. The molecule has 2 aliphatic heterocycles. The molecule has 0 unspecified atom stereocenters. The molecule has 1 N–H and O–H groups in total. The summed E-state index contributed by atoms with van der Waals surface area (Å²) in [6.45, 7) is -0.106. The van der Waals surface area contributed by atoms with Crippen LogP contribution in [0.25, 0.3) is 0 Å². The summed E-state index contributed by atoms with van der Waals surface area (Å²) in [5.41, 5.74) is -1.40. The predicted molar refractivity (Wildman–Crippen MR) is 129 cm³/mol. The SMILES string of the molecule is O=C(c1cncc(Br)c1)N1CC[C@@H](Nc2c(C(=O)N3CCC(F)(F)CC3)cc(Br)cc2C(F)(F)F)C1. The van der Waals surface area contributed by atoms with Gasteiger partial charge < -0.3 is 15.1 Å². The maximum atomic E-state index is 14.0. The molecule has 0 spiro atoms. The number of benzene rings is 1. The highest BCUT2D eigenvalue weighted by atomic mass is 79.9. The number of rotatable bonds is 4. The number of amides is 2. The highest BCUT2D eigenvalue weighted by Gasteiger charge is 2.40. The normalized spacial score (nSPS) is 19.9. The average Bonchev–Trinajstić information content (AvgIpc) is 3.27. The van der Waals surface area contributed by atoms with Crippen molar-refractivity contribution in [2.45, 2.75) is 37.4 Å². The van der Waals surface area contributed by atoms with E-state index in [1.807, 2.05) is 0 Å². The maximum Gasteiger partial charge on any atom is 0.418 e. The lowest BCUT2D eigenvalue weighted by Crippen LogP contribution is -2.43. The molecule has 13 heteroatoms. The molecule has 0 radical (unpaired) electrons. The van der Waals surface area contributed by atoms with Crippen molar-refractivity contribution in [3.63, 3.8) is 0 Å². The van der Waals surface area contributed by atoms with Gasteiger partial charge in [-0.3, -0.25) is 14.6 Å². The number of anilines is 1. The molecule has 4 rings (SSSR count). The first-order valence-corrected chi connectivity index (χ1v) is 12.7. The second-order valence-corrected chi connectivity index (χ2v) is 10.6. The summed E-state index contributed by atoms with van der Waals surface area (Å²) < 4.78 is 69.8. The smallest absolute Gasteiger partial charge is 0.379 e. The van der Waals surface area contributed by atoms with Gasteiger partial charge in [-0.1, -0.05) is 15.9 Å². The van der Waals surface area contributed by atoms with E-state index in [0.29, 0.717) is 23.0 Å². The minimum atomic E-state index is -4.79. The van der Waals surface area contributed by atoms with E-state index in [-0.39, 0.29) is 35.6 Å². The van der Waals surface area contributed by atoms with Crippen LogP contribution in [-0.4, -0.2) is 64.7 Å². The zero-order valence-electron chi connectivity index (χ0n) is 18.7. The molecule has 0 saturated carbocycles. The number of nitrogens with zero attached hydrogens (tertiary/aromatic N) is 3. The van der Waals surface area contributed by atoms with Crippen molar-refractivity contribution in [2.75, 3.05) is 31.5 Å². The molecular weight excluding hydrogens is 619 g/mol. The Balaban J connectivity index is 1.59. The molecule has 194 valence electrons.